The zero-order valence-electron chi connectivity index (χ0n) is 12.2. The Bertz CT molecular complexity index is 512. The number of hydrogen-bond donors (Lipinski definition) is 1. The fourth-order valence-corrected chi connectivity index (χ4v) is 2.57. The number of amides is 1. The quantitative estimate of drug-likeness (QED) is 0.850. The lowest BCUT2D eigenvalue weighted by Gasteiger charge is -2.35. The molecule has 0 aromatic carbocycles. The molecule has 2 N–H and O–H groups in total. The molecule has 0 saturated carbocycles. The van der Waals surface area contributed by atoms with Gasteiger partial charge in [-0.2, -0.15) is 0 Å². The van der Waals surface area contributed by atoms with Crippen LogP contribution in [0, 0.1) is 0 Å². The fourth-order valence-electron chi connectivity index (χ4n) is 2.39. The lowest BCUT2D eigenvalue weighted by Crippen LogP contribution is -2.48. The lowest BCUT2D eigenvalue weighted by atomic mass is 9.95. The summed E-state index contributed by atoms with van der Waals surface area (Å²) in [6.07, 6.45) is 2.80. The molecule has 110 valence electrons. The van der Waals surface area contributed by atoms with E-state index in [-0.39, 0.29) is 17.4 Å². The monoisotopic (exact) mass is 296 g/mol. The van der Waals surface area contributed by atoms with Gasteiger partial charge >= 0.3 is 0 Å². The van der Waals surface area contributed by atoms with Crippen molar-refractivity contribution in [1.29, 1.82) is 0 Å². The van der Waals surface area contributed by atoms with E-state index in [1.54, 1.807) is 6.07 Å². The van der Waals surface area contributed by atoms with E-state index in [0.29, 0.717) is 16.8 Å². The second-order valence-electron chi connectivity index (χ2n) is 6.23. The van der Waals surface area contributed by atoms with E-state index in [1.165, 1.54) is 0 Å². The van der Waals surface area contributed by atoms with Gasteiger partial charge in [0.05, 0.1) is 0 Å². The number of nitrogens with two attached hydrogens (primary N) is 1. The van der Waals surface area contributed by atoms with Gasteiger partial charge in [-0.1, -0.05) is 32.4 Å². The molecule has 1 aliphatic rings. The van der Waals surface area contributed by atoms with E-state index < -0.39 is 0 Å². The Morgan fingerprint density at radius 3 is 2.70 bits per heavy atom. The number of carbonyl (C=O) groups is 1. The van der Waals surface area contributed by atoms with Crippen LogP contribution in [-0.2, 0) is 10.2 Å². The Labute approximate surface area is 124 Å². The minimum atomic E-state index is -0.309. The summed E-state index contributed by atoms with van der Waals surface area (Å²) < 4.78 is 0. The first-order valence-corrected chi connectivity index (χ1v) is 7.28. The summed E-state index contributed by atoms with van der Waals surface area (Å²) in [5.41, 5.74) is 5.30. The average molecular weight is 297 g/mol. The highest BCUT2D eigenvalue weighted by Crippen LogP contribution is 2.28. The molecule has 1 saturated heterocycles. The molecule has 1 atom stereocenters. The molecule has 6 heteroatoms. The summed E-state index contributed by atoms with van der Waals surface area (Å²) in [4.78, 5) is 22.4. The minimum absolute atomic E-state index is 0.197. The molecule has 1 aromatic heterocycles. The number of aromatic nitrogens is 2. The summed E-state index contributed by atoms with van der Waals surface area (Å²) >= 11 is 6.11. The first kappa shape index (κ1) is 15.0. The van der Waals surface area contributed by atoms with Gasteiger partial charge in [0.15, 0.2) is 0 Å². The number of nitrogens with zero attached hydrogens (tertiary/aromatic N) is 3. The maximum Gasteiger partial charge on any atom is 0.240 e. The van der Waals surface area contributed by atoms with Crippen molar-refractivity contribution in [2.24, 2.45) is 5.73 Å². The molecular formula is C14H21ClN4O. The van der Waals surface area contributed by atoms with Gasteiger partial charge in [-0.15, -0.1) is 0 Å². The summed E-state index contributed by atoms with van der Waals surface area (Å²) in [5.74, 6) is 1.06. The van der Waals surface area contributed by atoms with Crippen molar-refractivity contribution in [2.75, 3.05) is 11.4 Å². The zero-order valence-corrected chi connectivity index (χ0v) is 12.9. The van der Waals surface area contributed by atoms with Gasteiger partial charge in [0, 0.05) is 18.0 Å². The Hall–Kier alpha value is -1.36. The molecule has 1 fully saturated rings. The van der Waals surface area contributed by atoms with Crippen LogP contribution in [0.3, 0.4) is 0 Å². The van der Waals surface area contributed by atoms with Crippen LogP contribution in [0.1, 0.15) is 45.9 Å². The third-order valence-electron chi connectivity index (χ3n) is 3.48. The van der Waals surface area contributed by atoms with Gasteiger partial charge < -0.3 is 10.6 Å². The highest BCUT2D eigenvalue weighted by Gasteiger charge is 2.29. The highest BCUT2D eigenvalue weighted by atomic mass is 35.5. The van der Waals surface area contributed by atoms with Crippen molar-refractivity contribution in [3.63, 3.8) is 0 Å². The molecule has 0 spiro atoms. The Balaban J connectivity index is 2.40. The summed E-state index contributed by atoms with van der Waals surface area (Å²) in [5, 5.41) is 0.397. The Morgan fingerprint density at radius 2 is 2.10 bits per heavy atom. The van der Waals surface area contributed by atoms with Crippen LogP contribution in [0.4, 0.5) is 5.82 Å². The smallest absolute Gasteiger partial charge is 0.240 e. The van der Waals surface area contributed by atoms with Crippen LogP contribution >= 0.6 is 11.6 Å². The third-order valence-corrected chi connectivity index (χ3v) is 3.67. The van der Waals surface area contributed by atoms with Crippen LogP contribution in [0.5, 0.6) is 0 Å². The Morgan fingerprint density at radius 1 is 1.40 bits per heavy atom. The number of rotatable bonds is 2. The predicted octanol–water partition coefficient (Wildman–Crippen LogP) is 2.27. The van der Waals surface area contributed by atoms with Crippen molar-refractivity contribution in [3.05, 3.63) is 17.0 Å². The van der Waals surface area contributed by atoms with E-state index in [2.05, 4.69) is 9.97 Å². The first-order chi connectivity index (χ1) is 9.29. The van der Waals surface area contributed by atoms with Crippen LogP contribution < -0.4 is 10.6 Å². The first-order valence-electron chi connectivity index (χ1n) is 6.90. The molecule has 1 unspecified atom stereocenters. The summed E-state index contributed by atoms with van der Waals surface area (Å²) in [6, 6.07) is 1.40. The van der Waals surface area contributed by atoms with Gasteiger partial charge in [-0.25, -0.2) is 9.97 Å². The molecule has 0 bridgehead atoms. The molecule has 0 radical (unpaired) electrons. The molecule has 2 heterocycles. The topological polar surface area (TPSA) is 72.1 Å². The van der Waals surface area contributed by atoms with Gasteiger partial charge in [0.25, 0.3) is 0 Å². The molecule has 1 amide bonds. The molecule has 20 heavy (non-hydrogen) atoms. The van der Waals surface area contributed by atoms with Crippen molar-refractivity contribution in [3.8, 4) is 0 Å². The number of piperidine rings is 1. The second-order valence-corrected chi connectivity index (χ2v) is 6.62. The second kappa shape index (κ2) is 5.56. The van der Waals surface area contributed by atoms with E-state index in [0.717, 1.165) is 25.8 Å². The average Bonchev–Trinajstić information content (AvgIpc) is 2.37. The van der Waals surface area contributed by atoms with Gasteiger partial charge in [0.1, 0.15) is 22.8 Å². The maximum absolute atomic E-state index is 11.6. The molecule has 1 aliphatic heterocycles. The number of anilines is 1. The predicted molar refractivity (Wildman–Crippen MR) is 79.9 cm³/mol. The molecule has 5 nitrogen and oxygen atoms in total. The standard InChI is InChI=1S/C14H21ClN4O/c1-14(2,3)13-17-10(15)8-11(18-13)19-7-5-4-6-9(19)12(16)20/h8-9H,4-7H2,1-3H3,(H2,16,20). The largest absolute Gasteiger partial charge is 0.368 e. The van der Waals surface area contributed by atoms with E-state index in [1.807, 2.05) is 25.7 Å². The molecule has 1 aromatic rings. The third kappa shape index (κ3) is 3.20. The van der Waals surface area contributed by atoms with Gasteiger partial charge in [-0.3, -0.25) is 4.79 Å². The van der Waals surface area contributed by atoms with Crippen LogP contribution in [0.25, 0.3) is 0 Å². The van der Waals surface area contributed by atoms with Crippen LogP contribution in [0.15, 0.2) is 6.07 Å². The fraction of sp³-hybridized carbons (Fsp3) is 0.643. The number of primary amides is 1. The SMILES string of the molecule is CC(C)(C)c1nc(Cl)cc(N2CCCCC2C(N)=O)n1. The van der Waals surface area contributed by atoms with E-state index in [4.69, 9.17) is 17.3 Å². The van der Waals surface area contributed by atoms with Gasteiger partial charge in [-0.05, 0) is 19.3 Å². The van der Waals surface area contributed by atoms with Crippen LogP contribution in [-0.4, -0.2) is 28.5 Å². The molecule has 0 aliphatic carbocycles. The lowest BCUT2D eigenvalue weighted by molar-refractivity contribution is -0.119. The maximum atomic E-state index is 11.6. The van der Waals surface area contributed by atoms with E-state index in [9.17, 15) is 4.79 Å². The highest BCUT2D eigenvalue weighted by molar-refractivity contribution is 6.29. The minimum Gasteiger partial charge on any atom is -0.368 e. The van der Waals surface area contributed by atoms with Gasteiger partial charge in [0.2, 0.25) is 5.91 Å². The number of halogens is 1. The summed E-state index contributed by atoms with van der Waals surface area (Å²) in [6.45, 7) is 6.86. The Kier molecular flexibility index (Phi) is 4.18. The number of hydrogen-bond acceptors (Lipinski definition) is 4. The van der Waals surface area contributed by atoms with Crippen molar-refractivity contribution < 1.29 is 4.79 Å². The van der Waals surface area contributed by atoms with Crippen molar-refractivity contribution in [1.82, 2.24) is 9.97 Å². The molecular weight excluding hydrogens is 276 g/mol. The summed E-state index contributed by atoms with van der Waals surface area (Å²) in [7, 11) is 0. The molecule has 2 rings (SSSR count). The van der Waals surface area contributed by atoms with Crippen LogP contribution in [0.2, 0.25) is 5.15 Å². The zero-order chi connectivity index (χ0) is 14.9. The van der Waals surface area contributed by atoms with Crippen molar-refractivity contribution >= 4 is 23.3 Å². The normalized spacial score (nSPS) is 20.0. The van der Waals surface area contributed by atoms with Crippen molar-refractivity contribution in [2.45, 2.75) is 51.5 Å². The number of carbonyl (C=O) groups excluding carboxylic acids is 1. The van der Waals surface area contributed by atoms with E-state index >= 15 is 0 Å².